The normalized spacial score (nSPS) is 12.8. The van der Waals surface area contributed by atoms with E-state index in [9.17, 15) is 4.79 Å². The fourth-order valence-corrected chi connectivity index (χ4v) is 1.28. The number of hydrogen-bond acceptors (Lipinski definition) is 4. The van der Waals surface area contributed by atoms with Crippen molar-refractivity contribution in [3.05, 3.63) is 0 Å². The van der Waals surface area contributed by atoms with Crippen molar-refractivity contribution in [2.75, 3.05) is 40.4 Å². The van der Waals surface area contributed by atoms with Crippen molar-refractivity contribution >= 4 is 5.91 Å². The molecule has 17 heavy (non-hydrogen) atoms. The molecule has 0 rings (SSSR count). The van der Waals surface area contributed by atoms with Crippen LogP contribution in [0.2, 0.25) is 0 Å². The van der Waals surface area contributed by atoms with E-state index in [1.165, 1.54) is 0 Å². The summed E-state index contributed by atoms with van der Waals surface area (Å²) in [6.45, 7) is 4.74. The van der Waals surface area contributed by atoms with Crippen LogP contribution >= 0.6 is 0 Å². The number of ether oxygens (including phenoxy) is 1. The third-order valence-corrected chi connectivity index (χ3v) is 2.43. The topological polar surface area (TPSA) is 67.6 Å². The van der Waals surface area contributed by atoms with Gasteiger partial charge in [0, 0.05) is 13.1 Å². The highest BCUT2D eigenvalue weighted by Crippen LogP contribution is 1.97. The zero-order valence-corrected chi connectivity index (χ0v) is 11.4. The first-order valence-corrected chi connectivity index (χ1v) is 6.33. The van der Waals surface area contributed by atoms with Crippen LogP contribution in [-0.2, 0) is 9.53 Å². The van der Waals surface area contributed by atoms with Gasteiger partial charge in [-0.2, -0.15) is 0 Å². The highest BCUT2D eigenvalue weighted by molar-refractivity contribution is 5.81. The van der Waals surface area contributed by atoms with Crippen LogP contribution in [0.5, 0.6) is 0 Å². The summed E-state index contributed by atoms with van der Waals surface area (Å²) in [5.74, 6) is -0.0744. The molecule has 0 aliphatic rings. The van der Waals surface area contributed by atoms with Gasteiger partial charge >= 0.3 is 0 Å². The average molecular weight is 245 g/mol. The first kappa shape index (κ1) is 16.4. The monoisotopic (exact) mass is 245 g/mol. The minimum absolute atomic E-state index is 0.0744. The van der Waals surface area contributed by atoms with Gasteiger partial charge in [0.1, 0.15) is 0 Å². The lowest BCUT2D eigenvalue weighted by molar-refractivity contribution is -0.122. The molecule has 0 aromatic rings. The summed E-state index contributed by atoms with van der Waals surface area (Å²) < 4.78 is 5.36. The summed E-state index contributed by atoms with van der Waals surface area (Å²) >= 11 is 0. The Morgan fingerprint density at radius 1 is 1.41 bits per heavy atom. The maximum absolute atomic E-state index is 11.5. The van der Waals surface area contributed by atoms with E-state index in [1.54, 1.807) is 0 Å². The molecule has 0 saturated carbocycles. The van der Waals surface area contributed by atoms with E-state index in [0.29, 0.717) is 19.8 Å². The number of amides is 1. The van der Waals surface area contributed by atoms with Crippen LogP contribution in [-0.4, -0.2) is 57.2 Å². The van der Waals surface area contributed by atoms with Crippen molar-refractivity contribution in [2.45, 2.75) is 32.2 Å². The Morgan fingerprint density at radius 2 is 2.12 bits per heavy atom. The number of likely N-dealkylation sites (N-methyl/N-ethyl adjacent to an activating group) is 1. The summed E-state index contributed by atoms with van der Waals surface area (Å²) in [6.07, 6.45) is 2.81. The van der Waals surface area contributed by atoms with E-state index in [1.807, 2.05) is 14.1 Å². The van der Waals surface area contributed by atoms with Crippen LogP contribution in [0.4, 0.5) is 0 Å². The molecule has 0 saturated heterocycles. The Bertz CT molecular complexity index is 198. The van der Waals surface area contributed by atoms with Gasteiger partial charge in [-0.1, -0.05) is 19.8 Å². The predicted molar refractivity (Wildman–Crippen MR) is 69.9 cm³/mol. The molecule has 102 valence electrons. The van der Waals surface area contributed by atoms with E-state index in [4.69, 9.17) is 10.5 Å². The second-order valence-corrected chi connectivity index (χ2v) is 4.46. The smallest absolute Gasteiger partial charge is 0.236 e. The van der Waals surface area contributed by atoms with Gasteiger partial charge in [-0.3, -0.25) is 4.79 Å². The quantitative estimate of drug-likeness (QED) is 0.540. The van der Waals surface area contributed by atoms with Gasteiger partial charge in [-0.15, -0.1) is 0 Å². The van der Waals surface area contributed by atoms with Crippen molar-refractivity contribution < 1.29 is 9.53 Å². The molecule has 0 heterocycles. The minimum Gasteiger partial charge on any atom is -0.378 e. The van der Waals surface area contributed by atoms with Gasteiger partial charge < -0.3 is 20.7 Å². The predicted octanol–water partition coefficient (Wildman–Crippen LogP) is 0.198. The molecule has 0 radical (unpaired) electrons. The van der Waals surface area contributed by atoms with Gasteiger partial charge in [0.25, 0.3) is 0 Å². The van der Waals surface area contributed by atoms with Crippen LogP contribution < -0.4 is 11.1 Å². The Balaban J connectivity index is 3.38. The number of carbonyl (C=O) groups is 1. The van der Waals surface area contributed by atoms with Crippen molar-refractivity contribution in [3.8, 4) is 0 Å². The lowest BCUT2D eigenvalue weighted by atomic mass is 10.1. The van der Waals surface area contributed by atoms with E-state index in [-0.39, 0.29) is 11.9 Å². The second kappa shape index (κ2) is 10.5. The van der Waals surface area contributed by atoms with Crippen molar-refractivity contribution in [1.82, 2.24) is 10.2 Å². The first-order valence-electron chi connectivity index (χ1n) is 6.33. The zero-order valence-electron chi connectivity index (χ0n) is 11.4. The molecular weight excluding hydrogens is 218 g/mol. The fraction of sp³-hybridized carbons (Fsp3) is 0.917. The molecule has 0 aliphatic carbocycles. The van der Waals surface area contributed by atoms with E-state index in [2.05, 4.69) is 17.1 Å². The van der Waals surface area contributed by atoms with Crippen molar-refractivity contribution in [1.29, 1.82) is 0 Å². The van der Waals surface area contributed by atoms with Gasteiger partial charge in [0.2, 0.25) is 5.91 Å². The Hall–Kier alpha value is -0.650. The molecule has 0 unspecified atom stereocenters. The minimum atomic E-state index is -0.378. The number of rotatable bonds is 10. The number of unbranched alkanes of at least 4 members (excludes halogenated alkanes) is 1. The molecule has 0 bridgehead atoms. The van der Waals surface area contributed by atoms with E-state index in [0.717, 1.165) is 25.8 Å². The molecular formula is C12H27N3O2. The highest BCUT2D eigenvalue weighted by Gasteiger charge is 2.11. The number of nitrogens with two attached hydrogens (primary N) is 1. The molecule has 0 aromatic carbocycles. The molecule has 5 nitrogen and oxygen atoms in total. The molecule has 0 aromatic heterocycles. The van der Waals surface area contributed by atoms with Gasteiger partial charge in [-0.05, 0) is 20.5 Å². The van der Waals surface area contributed by atoms with Crippen LogP contribution in [0, 0.1) is 0 Å². The number of hydrogen-bond donors (Lipinski definition) is 2. The maximum atomic E-state index is 11.5. The van der Waals surface area contributed by atoms with Crippen LogP contribution in [0.25, 0.3) is 0 Å². The third kappa shape index (κ3) is 10.2. The molecule has 0 spiro atoms. The SMILES string of the molecule is CCCC[C@H](N)C(=O)NCCOCCN(C)C. The Kier molecular flexibility index (Phi) is 10.1. The summed E-state index contributed by atoms with van der Waals surface area (Å²) in [6, 6.07) is -0.378. The zero-order chi connectivity index (χ0) is 13.1. The molecule has 3 N–H and O–H groups in total. The van der Waals surface area contributed by atoms with Crippen molar-refractivity contribution in [2.24, 2.45) is 5.73 Å². The van der Waals surface area contributed by atoms with E-state index >= 15 is 0 Å². The van der Waals surface area contributed by atoms with Gasteiger partial charge in [0.15, 0.2) is 0 Å². The fourth-order valence-electron chi connectivity index (χ4n) is 1.28. The average Bonchev–Trinajstić information content (AvgIpc) is 2.29. The van der Waals surface area contributed by atoms with Crippen molar-refractivity contribution in [3.63, 3.8) is 0 Å². The summed E-state index contributed by atoms with van der Waals surface area (Å²) in [5.41, 5.74) is 5.72. The molecule has 0 fully saturated rings. The summed E-state index contributed by atoms with van der Waals surface area (Å²) in [5, 5.41) is 2.78. The highest BCUT2D eigenvalue weighted by atomic mass is 16.5. The van der Waals surface area contributed by atoms with Crippen LogP contribution in [0.3, 0.4) is 0 Å². The summed E-state index contributed by atoms with van der Waals surface area (Å²) in [7, 11) is 4.00. The van der Waals surface area contributed by atoms with E-state index < -0.39 is 0 Å². The van der Waals surface area contributed by atoms with Crippen LogP contribution in [0.1, 0.15) is 26.2 Å². The standard InChI is InChI=1S/C12H27N3O2/c1-4-5-6-11(13)12(16)14-7-9-17-10-8-15(2)3/h11H,4-10,13H2,1-3H3,(H,14,16)/t11-/m0/s1. The number of carbonyl (C=O) groups excluding carboxylic acids is 1. The molecule has 1 amide bonds. The molecule has 0 aliphatic heterocycles. The van der Waals surface area contributed by atoms with Gasteiger partial charge in [-0.25, -0.2) is 0 Å². The number of nitrogens with one attached hydrogen (secondary N) is 1. The summed E-state index contributed by atoms with van der Waals surface area (Å²) in [4.78, 5) is 13.5. The molecule has 1 atom stereocenters. The lowest BCUT2D eigenvalue weighted by Crippen LogP contribution is -2.41. The largest absolute Gasteiger partial charge is 0.378 e. The first-order chi connectivity index (χ1) is 8.07. The number of nitrogens with zero attached hydrogens (tertiary/aromatic N) is 1. The maximum Gasteiger partial charge on any atom is 0.236 e. The lowest BCUT2D eigenvalue weighted by Gasteiger charge is -2.12. The Morgan fingerprint density at radius 3 is 2.71 bits per heavy atom. The van der Waals surface area contributed by atoms with Crippen LogP contribution in [0.15, 0.2) is 0 Å². The second-order valence-electron chi connectivity index (χ2n) is 4.46. The third-order valence-electron chi connectivity index (χ3n) is 2.43. The molecule has 5 heteroatoms. The van der Waals surface area contributed by atoms with Gasteiger partial charge in [0.05, 0.1) is 19.3 Å². The Labute approximate surface area is 105 Å².